The van der Waals surface area contributed by atoms with Gasteiger partial charge in [-0.25, -0.2) is 4.39 Å². The van der Waals surface area contributed by atoms with E-state index < -0.39 is 0 Å². The Kier molecular flexibility index (Phi) is 7.25. The number of hydrogen-bond donors (Lipinski definition) is 1. The van der Waals surface area contributed by atoms with Crippen LogP contribution in [0.1, 0.15) is 45.9 Å². The third-order valence-electron chi connectivity index (χ3n) is 4.76. The van der Waals surface area contributed by atoms with Crippen LogP contribution in [0.15, 0.2) is 42.5 Å². The van der Waals surface area contributed by atoms with Gasteiger partial charge in [0.1, 0.15) is 5.82 Å². The van der Waals surface area contributed by atoms with E-state index in [1.165, 1.54) is 12.1 Å². The highest BCUT2D eigenvalue weighted by Gasteiger charge is 2.16. The molecule has 0 aromatic heterocycles. The van der Waals surface area contributed by atoms with Crippen molar-refractivity contribution in [3.63, 3.8) is 0 Å². The van der Waals surface area contributed by atoms with Gasteiger partial charge in [-0.1, -0.05) is 24.3 Å². The fourth-order valence-corrected chi connectivity index (χ4v) is 2.90. The van der Waals surface area contributed by atoms with E-state index >= 15 is 0 Å². The molecular formula is C22H27FN2O2. The predicted molar refractivity (Wildman–Crippen MR) is 105 cm³/mol. The summed E-state index contributed by atoms with van der Waals surface area (Å²) in [6.07, 6.45) is 0.302. The fraction of sp³-hybridized carbons (Fsp3) is 0.364. The normalized spacial score (nSPS) is 12.1. The Morgan fingerprint density at radius 1 is 1.04 bits per heavy atom. The molecule has 0 saturated heterocycles. The van der Waals surface area contributed by atoms with Crippen LogP contribution in [0.4, 0.5) is 4.39 Å². The molecule has 2 aromatic carbocycles. The molecule has 5 heteroatoms. The number of nitrogens with one attached hydrogen (secondary N) is 1. The number of halogens is 1. The summed E-state index contributed by atoms with van der Waals surface area (Å²) in [7, 11) is 3.76. The van der Waals surface area contributed by atoms with E-state index in [1.807, 2.05) is 51.0 Å². The molecule has 2 rings (SSSR count). The number of hydrogen-bond acceptors (Lipinski definition) is 3. The summed E-state index contributed by atoms with van der Waals surface area (Å²) in [4.78, 5) is 26.4. The fourth-order valence-electron chi connectivity index (χ4n) is 2.90. The molecule has 0 aliphatic rings. The zero-order valence-electron chi connectivity index (χ0n) is 16.4. The van der Waals surface area contributed by atoms with Crippen molar-refractivity contribution in [2.45, 2.75) is 32.7 Å². The van der Waals surface area contributed by atoms with Crippen molar-refractivity contribution >= 4 is 11.7 Å². The highest BCUT2D eigenvalue weighted by Crippen LogP contribution is 2.18. The largest absolute Gasteiger partial charge is 0.354 e. The summed E-state index contributed by atoms with van der Waals surface area (Å²) in [6, 6.07) is 11.8. The van der Waals surface area contributed by atoms with E-state index in [1.54, 1.807) is 12.1 Å². The molecular weight excluding hydrogens is 343 g/mol. The van der Waals surface area contributed by atoms with Crippen molar-refractivity contribution < 1.29 is 14.0 Å². The number of aryl methyl sites for hydroxylation is 2. The standard InChI is InChI=1S/C22H27FN2O2/c1-15-8-9-18(12-16(15)2)21(26)10-11-22(27)24-14-20(25(3)4)17-6-5-7-19(23)13-17/h5-9,12-13,20H,10-11,14H2,1-4H3,(H,24,27). The van der Waals surface area contributed by atoms with E-state index in [4.69, 9.17) is 0 Å². The van der Waals surface area contributed by atoms with Crippen molar-refractivity contribution in [3.05, 3.63) is 70.5 Å². The van der Waals surface area contributed by atoms with Crippen LogP contribution < -0.4 is 5.32 Å². The highest BCUT2D eigenvalue weighted by atomic mass is 19.1. The lowest BCUT2D eigenvalue weighted by Gasteiger charge is -2.25. The molecule has 0 heterocycles. The maximum absolute atomic E-state index is 13.5. The van der Waals surface area contributed by atoms with Gasteiger partial charge in [-0.15, -0.1) is 0 Å². The van der Waals surface area contributed by atoms with Crippen LogP contribution in [0, 0.1) is 19.7 Å². The van der Waals surface area contributed by atoms with Gasteiger partial charge >= 0.3 is 0 Å². The van der Waals surface area contributed by atoms with Crippen LogP contribution >= 0.6 is 0 Å². The van der Waals surface area contributed by atoms with Crippen molar-refractivity contribution in [1.82, 2.24) is 10.2 Å². The molecule has 0 saturated carbocycles. The van der Waals surface area contributed by atoms with Crippen LogP contribution in [0.5, 0.6) is 0 Å². The molecule has 0 aliphatic carbocycles. The Morgan fingerprint density at radius 2 is 1.78 bits per heavy atom. The number of ketones is 1. The van der Waals surface area contributed by atoms with Gasteiger partial charge in [0.15, 0.2) is 5.78 Å². The molecule has 0 bridgehead atoms. The average Bonchev–Trinajstić information content (AvgIpc) is 2.62. The van der Waals surface area contributed by atoms with Gasteiger partial charge in [0.05, 0.1) is 6.04 Å². The molecule has 0 aliphatic heterocycles. The van der Waals surface area contributed by atoms with E-state index in [-0.39, 0.29) is 36.4 Å². The Labute approximate surface area is 160 Å². The minimum Gasteiger partial charge on any atom is -0.354 e. The monoisotopic (exact) mass is 370 g/mol. The maximum atomic E-state index is 13.5. The van der Waals surface area contributed by atoms with Gasteiger partial charge in [-0.05, 0) is 62.8 Å². The van der Waals surface area contributed by atoms with E-state index in [9.17, 15) is 14.0 Å². The zero-order valence-corrected chi connectivity index (χ0v) is 16.4. The second-order valence-corrected chi connectivity index (χ2v) is 7.06. The van der Waals surface area contributed by atoms with Gasteiger partial charge in [0, 0.05) is 24.9 Å². The predicted octanol–water partition coefficient (Wildman–Crippen LogP) is 3.82. The van der Waals surface area contributed by atoms with Crippen LogP contribution in [0.25, 0.3) is 0 Å². The number of carbonyl (C=O) groups excluding carboxylic acids is 2. The molecule has 0 radical (unpaired) electrons. The number of likely N-dealkylation sites (N-methyl/N-ethyl adjacent to an activating group) is 1. The SMILES string of the molecule is Cc1ccc(C(=O)CCC(=O)NCC(c2cccc(F)c2)N(C)C)cc1C. The number of carbonyl (C=O) groups is 2. The third-order valence-corrected chi connectivity index (χ3v) is 4.76. The Bertz CT molecular complexity index is 818. The molecule has 2 aromatic rings. The van der Waals surface area contributed by atoms with Crippen molar-refractivity contribution in [3.8, 4) is 0 Å². The summed E-state index contributed by atoms with van der Waals surface area (Å²) in [5.74, 6) is -0.525. The van der Waals surface area contributed by atoms with Gasteiger partial charge < -0.3 is 10.2 Å². The quantitative estimate of drug-likeness (QED) is 0.719. The van der Waals surface area contributed by atoms with Gasteiger partial charge in [-0.3, -0.25) is 9.59 Å². The summed E-state index contributed by atoms with van der Waals surface area (Å²) >= 11 is 0. The number of benzene rings is 2. The lowest BCUT2D eigenvalue weighted by Crippen LogP contribution is -2.34. The summed E-state index contributed by atoms with van der Waals surface area (Å²) in [6.45, 7) is 4.32. The molecule has 1 amide bonds. The smallest absolute Gasteiger partial charge is 0.220 e. The molecule has 1 N–H and O–H groups in total. The summed E-state index contributed by atoms with van der Waals surface area (Å²) in [5, 5.41) is 2.85. The lowest BCUT2D eigenvalue weighted by molar-refractivity contribution is -0.121. The summed E-state index contributed by atoms with van der Waals surface area (Å²) < 4.78 is 13.5. The number of nitrogens with zero attached hydrogens (tertiary/aromatic N) is 1. The molecule has 4 nitrogen and oxygen atoms in total. The second-order valence-electron chi connectivity index (χ2n) is 7.06. The minimum atomic E-state index is -0.301. The third kappa shape index (κ3) is 6.00. The first kappa shape index (κ1) is 20.8. The highest BCUT2D eigenvalue weighted by molar-refractivity contribution is 5.98. The van der Waals surface area contributed by atoms with Crippen molar-refractivity contribution in [2.75, 3.05) is 20.6 Å². The number of rotatable bonds is 8. The number of amides is 1. The van der Waals surface area contributed by atoms with Crippen LogP contribution in [0.3, 0.4) is 0 Å². The van der Waals surface area contributed by atoms with Gasteiger partial charge in [-0.2, -0.15) is 0 Å². The molecule has 27 heavy (non-hydrogen) atoms. The van der Waals surface area contributed by atoms with Gasteiger partial charge in [0.25, 0.3) is 0 Å². The first-order valence-electron chi connectivity index (χ1n) is 9.07. The molecule has 1 atom stereocenters. The van der Waals surface area contributed by atoms with Crippen LogP contribution in [0.2, 0.25) is 0 Å². The zero-order chi connectivity index (χ0) is 20.0. The molecule has 1 unspecified atom stereocenters. The van der Waals surface area contributed by atoms with E-state index in [0.29, 0.717) is 12.1 Å². The number of Topliss-reactive ketones (excluding diaryl/α,β-unsaturated/α-hetero) is 1. The average molecular weight is 370 g/mol. The molecule has 0 fully saturated rings. The van der Waals surface area contributed by atoms with Crippen LogP contribution in [-0.2, 0) is 4.79 Å². The van der Waals surface area contributed by atoms with Crippen molar-refractivity contribution in [1.29, 1.82) is 0 Å². The van der Waals surface area contributed by atoms with Gasteiger partial charge in [0.2, 0.25) is 5.91 Å². The van der Waals surface area contributed by atoms with E-state index in [2.05, 4.69) is 5.32 Å². The van der Waals surface area contributed by atoms with E-state index in [0.717, 1.165) is 16.7 Å². The Morgan fingerprint density at radius 3 is 2.41 bits per heavy atom. The second kappa shape index (κ2) is 9.42. The Balaban J connectivity index is 1.88. The Hall–Kier alpha value is -2.53. The van der Waals surface area contributed by atoms with Crippen molar-refractivity contribution in [2.24, 2.45) is 0 Å². The lowest BCUT2D eigenvalue weighted by atomic mass is 10.0. The maximum Gasteiger partial charge on any atom is 0.220 e. The minimum absolute atomic E-state index is 0.0393. The molecule has 144 valence electrons. The topological polar surface area (TPSA) is 49.4 Å². The summed E-state index contributed by atoms with van der Waals surface area (Å²) in [5.41, 5.74) is 3.63. The molecule has 0 spiro atoms. The first-order chi connectivity index (χ1) is 12.8. The van der Waals surface area contributed by atoms with Crippen LogP contribution in [-0.4, -0.2) is 37.2 Å². The first-order valence-corrected chi connectivity index (χ1v) is 9.07.